The molecule has 20 heavy (non-hydrogen) atoms. The van der Waals surface area contributed by atoms with Crippen LogP contribution >= 0.6 is 12.2 Å². The first-order chi connectivity index (χ1) is 9.29. The first-order valence-corrected chi connectivity index (χ1v) is 6.85. The molecule has 7 heteroatoms. The minimum absolute atomic E-state index is 0.0265. The van der Waals surface area contributed by atoms with E-state index >= 15 is 0 Å². The first kappa shape index (κ1) is 16.3. The van der Waals surface area contributed by atoms with Gasteiger partial charge in [0.05, 0.1) is 11.3 Å². The van der Waals surface area contributed by atoms with E-state index < -0.39 is 6.04 Å². The SMILES string of the molecule is CCN(C)C(=O)C(C)Nc1nnc(C)c(C)c1C(N)=S. The van der Waals surface area contributed by atoms with E-state index in [1.54, 1.807) is 18.9 Å². The van der Waals surface area contributed by atoms with E-state index in [9.17, 15) is 4.79 Å². The van der Waals surface area contributed by atoms with Crippen molar-refractivity contribution >= 4 is 28.9 Å². The van der Waals surface area contributed by atoms with Crippen LogP contribution < -0.4 is 11.1 Å². The highest BCUT2D eigenvalue weighted by Gasteiger charge is 2.20. The predicted octanol–water partition coefficient (Wildman–Crippen LogP) is 1.01. The van der Waals surface area contributed by atoms with Crippen LogP contribution in [-0.4, -0.2) is 45.6 Å². The van der Waals surface area contributed by atoms with Crippen LogP contribution in [0.5, 0.6) is 0 Å². The maximum Gasteiger partial charge on any atom is 0.244 e. The number of hydrogen-bond donors (Lipinski definition) is 2. The van der Waals surface area contributed by atoms with E-state index in [1.165, 1.54) is 0 Å². The average molecular weight is 295 g/mol. The number of anilines is 1. The minimum atomic E-state index is -0.426. The van der Waals surface area contributed by atoms with Gasteiger partial charge in [-0.2, -0.15) is 5.10 Å². The van der Waals surface area contributed by atoms with Crippen LogP contribution in [-0.2, 0) is 4.79 Å². The van der Waals surface area contributed by atoms with Crippen molar-refractivity contribution in [2.24, 2.45) is 5.73 Å². The molecule has 6 nitrogen and oxygen atoms in total. The lowest BCUT2D eigenvalue weighted by molar-refractivity contribution is -0.130. The molecule has 0 bridgehead atoms. The van der Waals surface area contributed by atoms with Gasteiger partial charge in [0.1, 0.15) is 11.0 Å². The lowest BCUT2D eigenvalue weighted by atomic mass is 10.1. The highest BCUT2D eigenvalue weighted by molar-refractivity contribution is 7.80. The molecule has 1 unspecified atom stereocenters. The molecule has 3 N–H and O–H groups in total. The fraction of sp³-hybridized carbons (Fsp3) is 0.538. The fourth-order valence-corrected chi connectivity index (χ4v) is 2.01. The van der Waals surface area contributed by atoms with E-state index in [0.29, 0.717) is 17.9 Å². The third-order valence-corrected chi connectivity index (χ3v) is 3.48. The number of amides is 1. The molecular formula is C13H21N5OS. The number of rotatable bonds is 5. The predicted molar refractivity (Wildman–Crippen MR) is 83.8 cm³/mol. The van der Waals surface area contributed by atoms with E-state index in [4.69, 9.17) is 18.0 Å². The van der Waals surface area contributed by atoms with Gasteiger partial charge in [0, 0.05) is 13.6 Å². The Morgan fingerprint density at radius 3 is 2.55 bits per heavy atom. The van der Waals surface area contributed by atoms with Gasteiger partial charge in [-0.1, -0.05) is 12.2 Å². The van der Waals surface area contributed by atoms with E-state index in [0.717, 1.165) is 11.3 Å². The van der Waals surface area contributed by atoms with Crippen molar-refractivity contribution in [3.63, 3.8) is 0 Å². The van der Waals surface area contributed by atoms with Crippen LogP contribution in [0.3, 0.4) is 0 Å². The summed E-state index contributed by atoms with van der Waals surface area (Å²) < 4.78 is 0. The van der Waals surface area contributed by atoms with Gasteiger partial charge in [-0.05, 0) is 33.3 Å². The number of hydrogen-bond acceptors (Lipinski definition) is 5. The third-order valence-electron chi connectivity index (χ3n) is 3.28. The fourth-order valence-electron chi connectivity index (χ4n) is 1.76. The smallest absolute Gasteiger partial charge is 0.244 e. The molecule has 1 aromatic rings. The zero-order valence-corrected chi connectivity index (χ0v) is 13.3. The van der Waals surface area contributed by atoms with Gasteiger partial charge in [0.25, 0.3) is 0 Å². The third kappa shape index (κ3) is 3.41. The molecule has 0 saturated heterocycles. The van der Waals surface area contributed by atoms with Crippen LogP contribution in [0.25, 0.3) is 0 Å². The molecule has 0 radical (unpaired) electrons. The summed E-state index contributed by atoms with van der Waals surface area (Å²) in [6.45, 7) is 8.06. The van der Waals surface area contributed by atoms with Crippen molar-refractivity contribution in [3.05, 3.63) is 16.8 Å². The topological polar surface area (TPSA) is 84.1 Å². The molecule has 0 aromatic carbocycles. The van der Waals surface area contributed by atoms with Gasteiger partial charge in [-0.3, -0.25) is 4.79 Å². The van der Waals surface area contributed by atoms with Crippen molar-refractivity contribution in [1.29, 1.82) is 0 Å². The normalized spacial score (nSPS) is 11.8. The van der Waals surface area contributed by atoms with Gasteiger partial charge in [0.2, 0.25) is 5.91 Å². The molecule has 0 spiro atoms. The largest absolute Gasteiger partial charge is 0.389 e. The summed E-state index contributed by atoms with van der Waals surface area (Å²) in [5.41, 5.74) is 8.04. The number of carbonyl (C=O) groups excluding carboxylic acids is 1. The van der Waals surface area contributed by atoms with Crippen molar-refractivity contribution < 1.29 is 4.79 Å². The zero-order chi connectivity index (χ0) is 15.4. The molecule has 1 rings (SSSR count). The Kier molecular flexibility index (Phi) is 5.38. The second-order valence-corrected chi connectivity index (χ2v) is 5.16. The molecule has 1 heterocycles. The number of aromatic nitrogens is 2. The first-order valence-electron chi connectivity index (χ1n) is 6.44. The number of nitrogens with one attached hydrogen (secondary N) is 1. The summed E-state index contributed by atoms with van der Waals surface area (Å²) in [5.74, 6) is 0.423. The maximum atomic E-state index is 12.1. The molecule has 1 amide bonds. The lowest BCUT2D eigenvalue weighted by Crippen LogP contribution is -2.39. The van der Waals surface area contributed by atoms with Crippen LogP contribution in [0.1, 0.15) is 30.7 Å². The van der Waals surface area contributed by atoms with E-state index in [1.807, 2.05) is 20.8 Å². The molecule has 110 valence electrons. The molecule has 0 saturated carbocycles. The molecular weight excluding hydrogens is 274 g/mol. The van der Waals surface area contributed by atoms with Gasteiger partial charge >= 0.3 is 0 Å². The van der Waals surface area contributed by atoms with Gasteiger partial charge in [0.15, 0.2) is 5.82 Å². The minimum Gasteiger partial charge on any atom is -0.389 e. The monoisotopic (exact) mass is 295 g/mol. The Morgan fingerprint density at radius 1 is 1.45 bits per heavy atom. The van der Waals surface area contributed by atoms with Crippen molar-refractivity contribution in [2.75, 3.05) is 18.9 Å². The summed E-state index contributed by atoms with van der Waals surface area (Å²) in [7, 11) is 1.75. The molecule has 0 aliphatic rings. The standard InChI is InChI=1S/C13H21N5OS/c1-6-18(5)13(19)9(4)15-12-10(11(14)20)7(2)8(3)16-17-12/h9H,6H2,1-5H3,(H2,14,20)(H,15,17). The Bertz CT molecular complexity index is 532. The van der Waals surface area contributed by atoms with Crippen molar-refractivity contribution in [1.82, 2.24) is 15.1 Å². The maximum absolute atomic E-state index is 12.1. The quantitative estimate of drug-likeness (QED) is 0.789. The number of carbonyl (C=O) groups is 1. The second kappa shape index (κ2) is 6.60. The second-order valence-electron chi connectivity index (χ2n) is 4.72. The van der Waals surface area contributed by atoms with Crippen molar-refractivity contribution in [3.8, 4) is 0 Å². The molecule has 0 aliphatic heterocycles. The Balaban J connectivity index is 3.07. The number of likely N-dealkylation sites (N-methyl/N-ethyl adjacent to an activating group) is 1. The molecule has 1 aromatic heterocycles. The number of nitrogens with two attached hydrogens (primary N) is 1. The summed E-state index contributed by atoms with van der Waals surface area (Å²) in [6.07, 6.45) is 0. The number of aryl methyl sites for hydroxylation is 1. The lowest BCUT2D eigenvalue weighted by Gasteiger charge is -2.22. The Morgan fingerprint density at radius 2 is 2.05 bits per heavy atom. The highest BCUT2D eigenvalue weighted by atomic mass is 32.1. The summed E-state index contributed by atoms with van der Waals surface area (Å²) in [4.78, 5) is 13.9. The summed E-state index contributed by atoms with van der Waals surface area (Å²) in [6, 6.07) is -0.426. The van der Waals surface area contributed by atoms with E-state index in [2.05, 4.69) is 15.5 Å². The van der Waals surface area contributed by atoms with Gasteiger partial charge in [-0.25, -0.2) is 0 Å². The Hall–Kier alpha value is -1.76. The van der Waals surface area contributed by atoms with Gasteiger partial charge in [-0.15, -0.1) is 5.10 Å². The summed E-state index contributed by atoms with van der Waals surface area (Å²) >= 11 is 5.06. The van der Waals surface area contributed by atoms with Crippen LogP contribution in [0.15, 0.2) is 0 Å². The average Bonchev–Trinajstić information content (AvgIpc) is 2.40. The van der Waals surface area contributed by atoms with Crippen molar-refractivity contribution in [2.45, 2.75) is 33.7 Å². The van der Waals surface area contributed by atoms with Crippen LogP contribution in [0.4, 0.5) is 5.82 Å². The van der Waals surface area contributed by atoms with Gasteiger partial charge < -0.3 is 16.0 Å². The molecule has 1 atom stereocenters. The Labute approximate surface area is 124 Å². The number of thiocarbonyl (C=S) groups is 1. The molecule has 0 fully saturated rings. The van der Waals surface area contributed by atoms with Crippen LogP contribution in [0.2, 0.25) is 0 Å². The molecule has 0 aliphatic carbocycles. The zero-order valence-electron chi connectivity index (χ0n) is 12.5. The highest BCUT2D eigenvalue weighted by Crippen LogP contribution is 2.19. The summed E-state index contributed by atoms with van der Waals surface area (Å²) in [5, 5.41) is 11.2. The van der Waals surface area contributed by atoms with E-state index in [-0.39, 0.29) is 10.9 Å². The number of nitrogens with zero attached hydrogens (tertiary/aromatic N) is 3. The van der Waals surface area contributed by atoms with Crippen LogP contribution in [0, 0.1) is 13.8 Å².